The molecule has 4 heteroatoms. The van der Waals surface area contributed by atoms with Crippen LogP contribution in [0.4, 0.5) is 0 Å². The van der Waals surface area contributed by atoms with Crippen molar-refractivity contribution in [3.8, 4) is 11.5 Å². The van der Waals surface area contributed by atoms with Gasteiger partial charge in [-0.1, -0.05) is 43.2 Å². The highest BCUT2D eigenvalue weighted by Gasteiger charge is 2.26. The fourth-order valence-corrected chi connectivity index (χ4v) is 3.26. The number of aromatic hydroxyl groups is 2. The summed E-state index contributed by atoms with van der Waals surface area (Å²) >= 11 is 0. The third-order valence-electron chi connectivity index (χ3n) is 5.03. The van der Waals surface area contributed by atoms with E-state index in [4.69, 9.17) is 4.74 Å². The average Bonchev–Trinajstić information content (AvgIpc) is 2.62. The van der Waals surface area contributed by atoms with Crippen LogP contribution in [0.1, 0.15) is 63.1 Å². The van der Waals surface area contributed by atoms with E-state index < -0.39 is 11.2 Å². The fourth-order valence-electron chi connectivity index (χ4n) is 3.26. The first kappa shape index (κ1) is 22.0. The molecule has 0 aromatic heterocycles. The van der Waals surface area contributed by atoms with Gasteiger partial charge >= 0.3 is 0 Å². The van der Waals surface area contributed by atoms with E-state index in [0.717, 1.165) is 42.4 Å². The molecular formula is C24H32O4. The van der Waals surface area contributed by atoms with E-state index in [1.165, 1.54) is 6.07 Å². The summed E-state index contributed by atoms with van der Waals surface area (Å²) in [5.41, 5.74) is 1.81. The van der Waals surface area contributed by atoms with Crippen molar-refractivity contribution in [2.75, 3.05) is 7.11 Å². The van der Waals surface area contributed by atoms with Crippen LogP contribution in [0.25, 0.3) is 12.2 Å². The highest BCUT2D eigenvalue weighted by atomic mass is 16.5. The Balaban J connectivity index is 2.11. The molecule has 0 heterocycles. The van der Waals surface area contributed by atoms with E-state index in [1.807, 2.05) is 38.1 Å². The van der Waals surface area contributed by atoms with E-state index in [9.17, 15) is 15.3 Å². The van der Waals surface area contributed by atoms with E-state index in [-0.39, 0.29) is 11.5 Å². The highest BCUT2D eigenvalue weighted by Crippen LogP contribution is 2.32. The third-order valence-corrected chi connectivity index (χ3v) is 5.03. The lowest BCUT2D eigenvalue weighted by atomic mass is 9.88. The molecule has 152 valence electrons. The molecule has 0 saturated heterocycles. The van der Waals surface area contributed by atoms with Crippen molar-refractivity contribution in [3.05, 3.63) is 59.2 Å². The molecule has 28 heavy (non-hydrogen) atoms. The molecule has 0 radical (unpaired) electrons. The van der Waals surface area contributed by atoms with E-state index in [2.05, 4.69) is 19.1 Å². The second-order valence-electron chi connectivity index (χ2n) is 8.20. The molecule has 2 rings (SSSR count). The molecule has 0 aliphatic heterocycles. The maximum atomic E-state index is 9.87. The predicted molar refractivity (Wildman–Crippen MR) is 114 cm³/mol. The Labute approximate surface area is 168 Å². The number of methoxy groups -OCH3 is 1. The zero-order valence-electron chi connectivity index (χ0n) is 17.3. The summed E-state index contributed by atoms with van der Waals surface area (Å²) in [5, 5.41) is 29.1. The average molecular weight is 385 g/mol. The molecule has 0 amide bonds. The number of ether oxygens (including phenoxy) is 1. The third kappa shape index (κ3) is 6.70. The first-order chi connectivity index (χ1) is 13.1. The number of aliphatic hydroxyl groups is 1. The highest BCUT2D eigenvalue weighted by molar-refractivity contribution is 5.71. The largest absolute Gasteiger partial charge is 0.508 e. The van der Waals surface area contributed by atoms with Gasteiger partial charge in [0.15, 0.2) is 0 Å². The number of rotatable bonds is 9. The molecule has 0 aliphatic carbocycles. The van der Waals surface area contributed by atoms with Gasteiger partial charge in [-0.15, -0.1) is 0 Å². The van der Waals surface area contributed by atoms with E-state index in [0.29, 0.717) is 0 Å². The van der Waals surface area contributed by atoms with Crippen LogP contribution in [0.15, 0.2) is 42.5 Å². The van der Waals surface area contributed by atoms with Gasteiger partial charge in [0, 0.05) is 13.2 Å². The summed E-state index contributed by atoms with van der Waals surface area (Å²) in [7, 11) is 1.73. The molecular weight excluding hydrogens is 352 g/mol. The summed E-state index contributed by atoms with van der Waals surface area (Å²) < 4.78 is 5.85. The predicted octanol–water partition coefficient (Wildman–Crippen LogP) is 5.46. The molecule has 0 spiro atoms. The van der Waals surface area contributed by atoms with Crippen molar-refractivity contribution in [2.24, 2.45) is 0 Å². The molecule has 3 N–H and O–H groups in total. The number of hydrogen-bond donors (Lipinski definition) is 3. The van der Waals surface area contributed by atoms with Gasteiger partial charge < -0.3 is 20.1 Å². The van der Waals surface area contributed by atoms with Crippen LogP contribution < -0.4 is 0 Å². The van der Waals surface area contributed by atoms with Crippen molar-refractivity contribution in [1.29, 1.82) is 0 Å². The number of benzene rings is 2. The number of phenols is 2. The summed E-state index contributed by atoms with van der Waals surface area (Å²) in [6.45, 7) is 5.77. The van der Waals surface area contributed by atoms with Crippen molar-refractivity contribution < 1.29 is 20.1 Å². The quantitative estimate of drug-likeness (QED) is 0.396. The van der Waals surface area contributed by atoms with Crippen LogP contribution in [0.2, 0.25) is 0 Å². The summed E-state index contributed by atoms with van der Waals surface area (Å²) in [6.07, 6.45) is 7.35. The van der Waals surface area contributed by atoms with Crippen LogP contribution in [0, 0.1) is 0 Å². The minimum absolute atomic E-state index is 0.0337. The summed E-state index contributed by atoms with van der Waals surface area (Å²) in [4.78, 5) is 0. The van der Waals surface area contributed by atoms with E-state index in [1.54, 1.807) is 19.2 Å². The molecule has 1 unspecified atom stereocenters. The van der Waals surface area contributed by atoms with Crippen molar-refractivity contribution in [2.45, 2.75) is 57.7 Å². The minimum atomic E-state index is -0.630. The number of phenolic OH excluding ortho intramolecular Hbond substituents is 2. The molecule has 0 bridgehead atoms. The maximum absolute atomic E-state index is 9.87. The van der Waals surface area contributed by atoms with Crippen LogP contribution in [-0.4, -0.2) is 28.0 Å². The molecule has 0 saturated carbocycles. The standard InChI is InChI=1S/C24H32O4/c1-23(2,27)12-5-6-13-24(3,28-4)20-9-7-8-18(14-20)10-11-19-15-21(25)17-22(26)16-19/h7-11,14-17,25-27H,5-6,12-13H2,1-4H3. The zero-order chi connectivity index (χ0) is 20.8. The Morgan fingerprint density at radius 3 is 2.07 bits per heavy atom. The monoisotopic (exact) mass is 384 g/mol. The van der Waals surface area contributed by atoms with Crippen LogP contribution in [0.3, 0.4) is 0 Å². The van der Waals surface area contributed by atoms with Gasteiger partial charge in [0.1, 0.15) is 11.5 Å². The Morgan fingerprint density at radius 1 is 0.857 bits per heavy atom. The molecule has 4 nitrogen and oxygen atoms in total. The Hall–Kier alpha value is -2.30. The molecule has 1 atom stereocenters. The number of unbranched alkanes of at least 4 members (excludes halogenated alkanes) is 1. The SMILES string of the molecule is COC(C)(CCCCC(C)(C)O)c1cccc(C=Cc2cc(O)cc(O)c2)c1. The molecule has 2 aromatic carbocycles. The van der Waals surface area contributed by atoms with Gasteiger partial charge in [0.05, 0.1) is 11.2 Å². The topological polar surface area (TPSA) is 69.9 Å². The first-order valence-electron chi connectivity index (χ1n) is 9.70. The second kappa shape index (κ2) is 9.26. The van der Waals surface area contributed by atoms with Crippen LogP contribution in [0.5, 0.6) is 11.5 Å². The van der Waals surface area contributed by atoms with Gasteiger partial charge in [0.2, 0.25) is 0 Å². The van der Waals surface area contributed by atoms with Crippen LogP contribution >= 0.6 is 0 Å². The van der Waals surface area contributed by atoms with Gasteiger partial charge in [0.25, 0.3) is 0 Å². The molecule has 0 aliphatic rings. The fraction of sp³-hybridized carbons (Fsp3) is 0.417. The van der Waals surface area contributed by atoms with E-state index >= 15 is 0 Å². The molecule has 0 fully saturated rings. The molecule has 2 aromatic rings. The smallest absolute Gasteiger partial charge is 0.119 e. The summed E-state index contributed by atoms with van der Waals surface area (Å²) in [6, 6.07) is 12.7. The lowest BCUT2D eigenvalue weighted by Gasteiger charge is -2.29. The summed E-state index contributed by atoms with van der Waals surface area (Å²) in [5.74, 6) is 0.0674. The lowest BCUT2D eigenvalue weighted by molar-refractivity contribution is -0.00955. The zero-order valence-corrected chi connectivity index (χ0v) is 17.3. The second-order valence-corrected chi connectivity index (χ2v) is 8.20. The van der Waals surface area contributed by atoms with Crippen LogP contribution in [-0.2, 0) is 10.3 Å². The van der Waals surface area contributed by atoms with Crippen molar-refractivity contribution in [1.82, 2.24) is 0 Å². The maximum Gasteiger partial charge on any atom is 0.119 e. The first-order valence-corrected chi connectivity index (χ1v) is 9.70. The van der Waals surface area contributed by atoms with Gasteiger partial charge in [-0.3, -0.25) is 0 Å². The Morgan fingerprint density at radius 2 is 1.46 bits per heavy atom. The number of hydrogen-bond acceptors (Lipinski definition) is 4. The van der Waals surface area contributed by atoms with Gasteiger partial charge in [-0.2, -0.15) is 0 Å². The lowest BCUT2D eigenvalue weighted by Crippen LogP contribution is -2.25. The Bertz CT molecular complexity index is 784. The van der Waals surface area contributed by atoms with Crippen molar-refractivity contribution in [3.63, 3.8) is 0 Å². The van der Waals surface area contributed by atoms with Gasteiger partial charge in [-0.25, -0.2) is 0 Å². The van der Waals surface area contributed by atoms with Gasteiger partial charge in [-0.05, 0) is 68.5 Å². The minimum Gasteiger partial charge on any atom is -0.508 e. The normalized spacial score (nSPS) is 14.3. The Kier molecular flexibility index (Phi) is 7.28. The van der Waals surface area contributed by atoms with Crippen molar-refractivity contribution >= 4 is 12.2 Å².